The molecule has 1 fully saturated rings. The Hall–Kier alpha value is -1.16. The zero-order valence-corrected chi connectivity index (χ0v) is 12.4. The topological polar surface area (TPSA) is 37.4 Å². The van der Waals surface area contributed by atoms with Gasteiger partial charge in [0.2, 0.25) is 5.91 Å². The van der Waals surface area contributed by atoms with Gasteiger partial charge in [-0.1, -0.05) is 19.9 Å². The van der Waals surface area contributed by atoms with Crippen molar-refractivity contribution in [2.45, 2.75) is 33.1 Å². The molecule has 1 unspecified atom stereocenters. The number of rotatable bonds is 4. The summed E-state index contributed by atoms with van der Waals surface area (Å²) in [6.45, 7) is 5.38. The summed E-state index contributed by atoms with van der Waals surface area (Å²) < 4.78 is 0. The van der Waals surface area contributed by atoms with Gasteiger partial charge in [-0.05, 0) is 36.1 Å². The number of nitrogens with zero attached hydrogens (tertiary/aromatic N) is 1. The molecule has 1 aliphatic heterocycles. The van der Waals surface area contributed by atoms with Crippen LogP contribution in [0.5, 0.6) is 0 Å². The lowest BCUT2D eigenvalue weighted by atomic mass is 9.89. The molecule has 0 radical (unpaired) electrons. The van der Waals surface area contributed by atoms with Crippen LogP contribution in [-0.4, -0.2) is 29.7 Å². The second-order valence-electron chi connectivity index (χ2n) is 5.55. The molecule has 2 rings (SSSR count). The fraction of sp³-hybridized carbons (Fsp3) is 0.600. The van der Waals surface area contributed by atoms with E-state index >= 15 is 0 Å². The Kier molecular flexibility index (Phi) is 4.75. The fourth-order valence-corrected chi connectivity index (χ4v) is 3.24. The monoisotopic (exact) mass is 279 g/mol. The van der Waals surface area contributed by atoms with E-state index in [-0.39, 0.29) is 18.2 Å². The highest BCUT2D eigenvalue weighted by atomic mass is 32.1. The van der Waals surface area contributed by atoms with Gasteiger partial charge in [-0.25, -0.2) is 0 Å². The van der Waals surface area contributed by atoms with Gasteiger partial charge in [-0.2, -0.15) is 0 Å². The number of hydrogen-bond acceptors (Lipinski definition) is 3. The molecule has 0 aliphatic carbocycles. The molecule has 0 spiro atoms. The Morgan fingerprint density at radius 3 is 2.89 bits per heavy atom. The molecular formula is C15H21NO2S. The minimum atomic E-state index is 0.0614. The Balaban J connectivity index is 1.96. The second-order valence-corrected chi connectivity index (χ2v) is 6.49. The normalized spacial score (nSPS) is 20.7. The van der Waals surface area contributed by atoms with E-state index in [0.29, 0.717) is 18.3 Å². The zero-order valence-electron chi connectivity index (χ0n) is 11.6. The molecular weight excluding hydrogens is 258 g/mol. The number of thiophene rings is 1. The van der Waals surface area contributed by atoms with Gasteiger partial charge < -0.3 is 4.90 Å². The Morgan fingerprint density at radius 2 is 2.26 bits per heavy atom. The van der Waals surface area contributed by atoms with Gasteiger partial charge in [0.15, 0.2) is 5.78 Å². The first kappa shape index (κ1) is 14.3. The smallest absolute Gasteiger partial charge is 0.222 e. The first-order valence-corrected chi connectivity index (χ1v) is 7.80. The van der Waals surface area contributed by atoms with E-state index in [4.69, 9.17) is 0 Å². The lowest BCUT2D eigenvalue weighted by molar-refractivity contribution is -0.130. The van der Waals surface area contributed by atoms with Gasteiger partial charge in [0.1, 0.15) is 0 Å². The van der Waals surface area contributed by atoms with E-state index in [1.54, 1.807) is 4.90 Å². The highest BCUT2D eigenvalue weighted by Crippen LogP contribution is 2.25. The summed E-state index contributed by atoms with van der Waals surface area (Å²) in [5.41, 5.74) is 0. The van der Waals surface area contributed by atoms with Gasteiger partial charge in [-0.3, -0.25) is 9.59 Å². The zero-order chi connectivity index (χ0) is 13.8. The predicted molar refractivity (Wildman–Crippen MR) is 77.4 cm³/mol. The lowest BCUT2D eigenvalue weighted by Crippen LogP contribution is -2.35. The van der Waals surface area contributed by atoms with Crippen molar-refractivity contribution in [3.63, 3.8) is 0 Å². The van der Waals surface area contributed by atoms with Crippen LogP contribution in [0.1, 0.15) is 42.8 Å². The van der Waals surface area contributed by atoms with Crippen LogP contribution in [0, 0.1) is 11.8 Å². The third-order valence-electron chi connectivity index (χ3n) is 3.92. The van der Waals surface area contributed by atoms with Crippen LogP contribution >= 0.6 is 11.3 Å². The number of ketones is 1. The Morgan fingerprint density at radius 1 is 1.47 bits per heavy atom. The number of Topliss-reactive ketones (excluding diaryl/α,β-unsaturated/α-hetero) is 1. The van der Waals surface area contributed by atoms with E-state index in [0.717, 1.165) is 24.3 Å². The van der Waals surface area contributed by atoms with Gasteiger partial charge in [0.05, 0.1) is 11.4 Å². The van der Waals surface area contributed by atoms with Crippen molar-refractivity contribution in [1.82, 2.24) is 4.90 Å². The maximum absolute atomic E-state index is 12.1. The maximum Gasteiger partial charge on any atom is 0.222 e. The SMILES string of the molecule is CC(C)C1CCC(=O)N(CC(=O)c2cccs2)CC1. The summed E-state index contributed by atoms with van der Waals surface area (Å²) in [4.78, 5) is 26.6. The average molecular weight is 279 g/mol. The molecule has 1 amide bonds. The molecule has 104 valence electrons. The number of likely N-dealkylation sites (tertiary alicyclic amines) is 1. The van der Waals surface area contributed by atoms with E-state index in [2.05, 4.69) is 13.8 Å². The summed E-state index contributed by atoms with van der Waals surface area (Å²) in [5, 5.41) is 1.90. The molecule has 2 heterocycles. The highest BCUT2D eigenvalue weighted by Gasteiger charge is 2.25. The summed E-state index contributed by atoms with van der Waals surface area (Å²) in [6.07, 6.45) is 2.56. The van der Waals surface area contributed by atoms with Gasteiger partial charge in [-0.15, -0.1) is 11.3 Å². The van der Waals surface area contributed by atoms with E-state index < -0.39 is 0 Å². The van der Waals surface area contributed by atoms with Crippen LogP contribution in [-0.2, 0) is 4.79 Å². The molecule has 0 aromatic carbocycles. The van der Waals surface area contributed by atoms with Crippen LogP contribution in [0.3, 0.4) is 0 Å². The fourth-order valence-electron chi connectivity index (χ4n) is 2.58. The van der Waals surface area contributed by atoms with Crippen LogP contribution in [0.15, 0.2) is 17.5 Å². The third-order valence-corrected chi connectivity index (χ3v) is 4.84. The van der Waals surface area contributed by atoms with E-state index in [1.165, 1.54) is 11.3 Å². The lowest BCUT2D eigenvalue weighted by Gasteiger charge is -2.20. The average Bonchev–Trinajstić information content (AvgIpc) is 2.84. The number of hydrogen-bond donors (Lipinski definition) is 0. The van der Waals surface area contributed by atoms with Crippen molar-refractivity contribution in [1.29, 1.82) is 0 Å². The Bertz CT molecular complexity index is 439. The molecule has 3 nitrogen and oxygen atoms in total. The summed E-state index contributed by atoms with van der Waals surface area (Å²) in [6, 6.07) is 3.70. The van der Waals surface area contributed by atoms with Crippen molar-refractivity contribution in [3.8, 4) is 0 Å². The number of carbonyl (C=O) groups is 2. The van der Waals surface area contributed by atoms with Crippen molar-refractivity contribution in [3.05, 3.63) is 22.4 Å². The minimum absolute atomic E-state index is 0.0614. The number of carbonyl (C=O) groups excluding carboxylic acids is 2. The minimum Gasteiger partial charge on any atom is -0.335 e. The molecule has 1 saturated heterocycles. The largest absolute Gasteiger partial charge is 0.335 e. The summed E-state index contributed by atoms with van der Waals surface area (Å²) >= 11 is 1.44. The van der Waals surface area contributed by atoms with Gasteiger partial charge >= 0.3 is 0 Å². The molecule has 1 aromatic heterocycles. The maximum atomic E-state index is 12.1. The third kappa shape index (κ3) is 3.66. The molecule has 0 bridgehead atoms. The summed E-state index contributed by atoms with van der Waals surface area (Å²) in [7, 11) is 0. The van der Waals surface area contributed by atoms with Crippen LogP contribution in [0.2, 0.25) is 0 Å². The van der Waals surface area contributed by atoms with Crippen LogP contribution in [0.4, 0.5) is 0 Å². The molecule has 1 atom stereocenters. The standard InChI is InChI=1S/C15H21NO2S/c1-11(2)12-5-6-15(18)16(8-7-12)10-13(17)14-4-3-9-19-14/h3-4,9,11-12H,5-8,10H2,1-2H3. The Labute approximate surface area is 118 Å². The van der Waals surface area contributed by atoms with Crippen molar-refractivity contribution < 1.29 is 9.59 Å². The van der Waals surface area contributed by atoms with Crippen LogP contribution < -0.4 is 0 Å². The predicted octanol–water partition coefficient (Wildman–Crippen LogP) is 3.22. The van der Waals surface area contributed by atoms with E-state index in [1.807, 2.05) is 17.5 Å². The van der Waals surface area contributed by atoms with Crippen molar-refractivity contribution in [2.24, 2.45) is 11.8 Å². The molecule has 0 saturated carbocycles. The molecule has 0 N–H and O–H groups in total. The van der Waals surface area contributed by atoms with Gasteiger partial charge in [0.25, 0.3) is 0 Å². The first-order chi connectivity index (χ1) is 9.08. The second kappa shape index (κ2) is 6.33. The van der Waals surface area contributed by atoms with Gasteiger partial charge in [0, 0.05) is 13.0 Å². The number of amides is 1. The first-order valence-electron chi connectivity index (χ1n) is 6.92. The molecule has 4 heteroatoms. The van der Waals surface area contributed by atoms with E-state index in [9.17, 15) is 9.59 Å². The van der Waals surface area contributed by atoms with Crippen molar-refractivity contribution >= 4 is 23.0 Å². The highest BCUT2D eigenvalue weighted by molar-refractivity contribution is 7.12. The molecule has 19 heavy (non-hydrogen) atoms. The summed E-state index contributed by atoms with van der Waals surface area (Å²) in [5.74, 6) is 1.41. The quantitative estimate of drug-likeness (QED) is 0.794. The molecule has 1 aliphatic rings. The molecule has 1 aromatic rings. The van der Waals surface area contributed by atoms with Crippen molar-refractivity contribution in [2.75, 3.05) is 13.1 Å². The van der Waals surface area contributed by atoms with Crippen LogP contribution in [0.25, 0.3) is 0 Å².